The second-order valence-electron chi connectivity index (χ2n) is 5.55. The number of aromatic nitrogens is 2. The Morgan fingerprint density at radius 3 is 3.00 bits per heavy atom. The van der Waals surface area contributed by atoms with Crippen LogP contribution in [0.15, 0.2) is 30.5 Å². The van der Waals surface area contributed by atoms with Crippen molar-refractivity contribution in [3.8, 4) is 11.3 Å². The van der Waals surface area contributed by atoms with Crippen LogP contribution < -0.4 is 10.6 Å². The average molecular weight is 280 g/mol. The molecule has 1 amide bonds. The third-order valence-corrected chi connectivity index (χ3v) is 3.94. The first-order valence-electron chi connectivity index (χ1n) is 7.31. The van der Waals surface area contributed by atoms with E-state index in [1.807, 2.05) is 24.4 Å². The summed E-state index contributed by atoms with van der Waals surface area (Å²) in [7, 11) is 0. The van der Waals surface area contributed by atoms with E-state index in [4.69, 9.17) is 0 Å². The summed E-state index contributed by atoms with van der Waals surface area (Å²) in [5.74, 6) is 0.596. The summed E-state index contributed by atoms with van der Waals surface area (Å²) in [6.07, 6.45) is 4.66. The van der Waals surface area contributed by atoms with Crippen molar-refractivity contribution in [1.82, 2.24) is 9.97 Å². The molecule has 1 aliphatic heterocycles. The zero-order valence-electron chi connectivity index (χ0n) is 11.6. The van der Waals surface area contributed by atoms with E-state index in [-0.39, 0.29) is 11.8 Å². The van der Waals surface area contributed by atoms with E-state index in [1.165, 1.54) is 0 Å². The quantitative estimate of drug-likeness (QED) is 0.886. The summed E-state index contributed by atoms with van der Waals surface area (Å²) in [5, 5.41) is 6.23. The molecule has 5 heteroatoms. The molecule has 1 saturated carbocycles. The van der Waals surface area contributed by atoms with Crippen LogP contribution in [0, 0.1) is 5.92 Å². The topological polar surface area (TPSA) is 66.9 Å². The lowest BCUT2D eigenvalue weighted by Gasteiger charge is -2.10. The predicted molar refractivity (Wildman–Crippen MR) is 81.0 cm³/mol. The molecular weight excluding hydrogens is 264 g/mol. The number of carbonyl (C=O) groups excluding carboxylic acids is 1. The fraction of sp³-hybridized carbons (Fsp3) is 0.312. The van der Waals surface area contributed by atoms with Crippen molar-refractivity contribution in [3.05, 3.63) is 36.0 Å². The number of fused-ring (bicyclic) bond motifs is 3. The van der Waals surface area contributed by atoms with E-state index in [0.29, 0.717) is 5.95 Å². The Kier molecular flexibility index (Phi) is 2.84. The summed E-state index contributed by atoms with van der Waals surface area (Å²) in [6, 6.07) is 8.11. The third-order valence-electron chi connectivity index (χ3n) is 3.94. The summed E-state index contributed by atoms with van der Waals surface area (Å²) >= 11 is 0. The van der Waals surface area contributed by atoms with E-state index >= 15 is 0 Å². The molecule has 0 unspecified atom stereocenters. The van der Waals surface area contributed by atoms with Gasteiger partial charge in [-0.05, 0) is 30.9 Å². The highest BCUT2D eigenvalue weighted by Gasteiger charge is 2.30. The number of carbonyl (C=O) groups is 1. The maximum atomic E-state index is 11.9. The molecule has 1 fully saturated rings. The lowest BCUT2D eigenvalue weighted by Crippen LogP contribution is -2.16. The van der Waals surface area contributed by atoms with Gasteiger partial charge in [-0.3, -0.25) is 10.1 Å². The minimum atomic E-state index is 0.0370. The van der Waals surface area contributed by atoms with Gasteiger partial charge in [0.15, 0.2) is 0 Å². The highest BCUT2D eigenvalue weighted by Crippen LogP contribution is 2.33. The number of para-hydroxylation sites is 1. The number of benzene rings is 1. The van der Waals surface area contributed by atoms with Gasteiger partial charge >= 0.3 is 0 Å². The first-order valence-corrected chi connectivity index (χ1v) is 7.31. The van der Waals surface area contributed by atoms with Gasteiger partial charge in [0.1, 0.15) is 0 Å². The molecule has 2 heterocycles. The Morgan fingerprint density at radius 1 is 1.29 bits per heavy atom. The summed E-state index contributed by atoms with van der Waals surface area (Å²) in [6.45, 7) is 0.862. The largest absolute Gasteiger partial charge is 0.384 e. The van der Waals surface area contributed by atoms with Crippen molar-refractivity contribution in [2.75, 3.05) is 17.2 Å². The monoisotopic (exact) mass is 280 g/mol. The van der Waals surface area contributed by atoms with E-state index in [0.717, 1.165) is 48.3 Å². The van der Waals surface area contributed by atoms with Crippen LogP contribution in [0.3, 0.4) is 0 Å². The van der Waals surface area contributed by atoms with Gasteiger partial charge in [-0.15, -0.1) is 0 Å². The van der Waals surface area contributed by atoms with Crippen LogP contribution in [-0.2, 0) is 11.2 Å². The number of rotatable bonds is 2. The second-order valence-corrected chi connectivity index (χ2v) is 5.55. The van der Waals surface area contributed by atoms with Gasteiger partial charge in [-0.2, -0.15) is 0 Å². The number of hydrogen-bond acceptors (Lipinski definition) is 4. The molecule has 1 aliphatic carbocycles. The SMILES string of the molecule is O=C(Nc1ncc2c(n1)-c1ccccc1NCC2)C1CC1. The Labute approximate surface area is 122 Å². The number of nitrogens with one attached hydrogen (secondary N) is 2. The lowest BCUT2D eigenvalue weighted by molar-refractivity contribution is -0.117. The minimum absolute atomic E-state index is 0.0370. The van der Waals surface area contributed by atoms with Crippen LogP contribution in [0.5, 0.6) is 0 Å². The number of hydrogen-bond donors (Lipinski definition) is 2. The van der Waals surface area contributed by atoms with Crippen molar-refractivity contribution in [3.63, 3.8) is 0 Å². The summed E-state index contributed by atoms with van der Waals surface area (Å²) in [5.41, 5.74) is 4.16. The first kappa shape index (κ1) is 12.3. The second kappa shape index (κ2) is 4.84. The Hall–Kier alpha value is -2.43. The van der Waals surface area contributed by atoms with Gasteiger partial charge < -0.3 is 5.32 Å². The predicted octanol–water partition coefficient (Wildman–Crippen LogP) is 2.46. The van der Waals surface area contributed by atoms with Crippen molar-refractivity contribution in [2.24, 2.45) is 5.92 Å². The van der Waals surface area contributed by atoms with E-state index in [9.17, 15) is 4.79 Å². The van der Waals surface area contributed by atoms with Crippen LogP contribution >= 0.6 is 0 Å². The molecule has 1 aromatic carbocycles. The molecule has 1 aromatic heterocycles. The number of anilines is 2. The van der Waals surface area contributed by atoms with Crippen molar-refractivity contribution < 1.29 is 4.79 Å². The molecular formula is C16H16N4O. The molecule has 2 aromatic rings. The number of nitrogens with zero attached hydrogens (tertiary/aromatic N) is 2. The summed E-state index contributed by atoms with van der Waals surface area (Å²) in [4.78, 5) is 20.7. The van der Waals surface area contributed by atoms with Gasteiger partial charge in [-0.1, -0.05) is 18.2 Å². The van der Waals surface area contributed by atoms with E-state index in [2.05, 4.69) is 26.7 Å². The fourth-order valence-corrected chi connectivity index (χ4v) is 2.62. The Bertz CT molecular complexity index is 709. The van der Waals surface area contributed by atoms with Crippen LogP contribution in [0.25, 0.3) is 11.3 Å². The molecule has 106 valence electrons. The van der Waals surface area contributed by atoms with E-state index in [1.54, 1.807) is 0 Å². The van der Waals surface area contributed by atoms with Gasteiger partial charge in [0.25, 0.3) is 0 Å². The molecule has 0 radical (unpaired) electrons. The maximum absolute atomic E-state index is 11.9. The van der Waals surface area contributed by atoms with Gasteiger partial charge in [0, 0.05) is 29.9 Å². The van der Waals surface area contributed by atoms with Crippen molar-refractivity contribution >= 4 is 17.5 Å². The molecule has 0 bridgehead atoms. The van der Waals surface area contributed by atoms with E-state index < -0.39 is 0 Å². The van der Waals surface area contributed by atoms with Gasteiger partial charge in [0.2, 0.25) is 11.9 Å². The highest BCUT2D eigenvalue weighted by molar-refractivity contribution is 5.93. The zero-order valence-corrected chi connectivity index (χ0v) is 11.6. The first-order chi connectivity index (χ1) is 10.3. The fourth-order valence-electron chi connectivity index (χ4n) is 2.62. The Balaban J connectivity index is 1.73. The Morgan fingerprint density at radius 2 is 2.14 bits per heavy atom. The van der Waals surface area contributed by atoms with Crippen LogP contribution in [0.2, 0.25) is 0 Å². The highest BCUT2D eigenvalue weighted by atomic mass is 16.2. The molecule has 21 heavy (non-hydrogen) atoms. The molecule has 0 atom stereocenters. The molecule has 0 spiro atoms. The summed E-state index contributed by atoms with van der Waals surface area (Å²) < 4.78 is 0. The third kappa shape index (κ3) is 2.35. The van der Waals surface area contributed by atoms with Crippen LogP contribution in [0.4, 0.5) is 11.6 Å². The van der Waals surface area contributed by atoms with Crippen molar-refractivity contribution in [2.45, 2.75) is 19.3 Å². The van der Waals surface area contributed by atoms with Gasteiger partial charge in [-0.25, -0.2) is 9.97 Å². The molecule has 2 aliphatic rings. The van der Waals surface area contributed by atoms with Crippen LogP contribution in [0.1, 0.15) is 18.4 Å². The zero-order chi connectivity index (χ0) is 14.2. The average Bonchev–Trinajstić information content (AvgIpc) is 3.34. The molecule has 5 nitrogen and oxygen atoms in total. The standard InChI is InChI=1S/C16H16N4O/c21-15(10-5-6-10)20-16-18-9-11-7-8-17-13-4-2-1-3-12(13)14(11)19-16/h1-4,9-10,17H,5-8H2,(H,18,19,20,21). The smallest absolute Gasteiger partial charge is 0.229 e. The van der Waals surface area contributed by atoms with Crippen LogP contribution in [-0.4, -0.2) is 22.4 Å². The minimum Gasteiger partial charge on any atom is -0.384 e. The lowest BCUT2D eigenvalue weighted by atomic mass is 10.1. The van der Waals surface area contributed by atoms with Crippen molar-refractivity contribution in [1.29, 1.82) is 0 Å². The molecule has 0 saturated heterocycles. The normalized spacial score (nSPS) is 16.2. The maximum Gasteiger partial charge on any atom is 0.229 e. The molecule has 2 N–H and O–H groups in total. The van der Waals surface area contributed by atoms with Gasteiger partial charge in [0.05, 0.1) is 5.69 Å². The molecule has 4 rings (SSSR count). The number of amides is 1.